The van der Waals surface area contributed by atoms with Gasteiger partial charge in [-0.2, -0.15) is 0 Å². The second-order valence-electron chi connectivity index (χ2n) is 3.36. The molecule has 1 aromatic rings. The van der Waals surface area contributed by atoms with E-state index in [9.17, 15) is 4.79 Å². The van der Waals surface area contributed by atoms with Crippen molar-refractivity contribution in [3.8, 4) is 0 Å². The molecule has 1 atom stereocenters. The minimum absolute atomic E-state index is 0.122. The third-order valence-corrected chi connectivity index (χ3v) is 2.21. The number of hydrogen-bond donors (Lipinski definition) is 0. The largest absolute Gasteiger partial charge is 0.454 e. The van der Waals surface area contributed by atoms with E-state index in [1.54, 1.807) is 12.1 Å². The fourth-order valence-corrected chi connectivity index (χ4v) is 1.43. The van der Waals surface area contributed by atoms with E-state index in [0.717, 1.165) is 6.42 Å². The van der Waals surface area contributed by atoms with E-state index in [2.05, 4.69) is 0 Å². The summed E-state index contributed by atoms with van der Waals surface area (Å²) in [7, 11) is 0. The van der Waals surface area contributed by atoms with Crippen molar-refractivity contribution in [1.29, 1.82) is 0 Å². The standard InChI is InChI=1S/C13H12O2/c14-13(11-7-3-1-4-8-11)15-12-9-5-2-6-10-12/h1-9,12H,10H2. The van der Waals surface area contributed by atoms with Gasteiger partial charge in [-0.25, -0.2) is 4.79 Å². The summed E-state index contributed by atoms with van der Waals surface area (Å²) in [6.07, 6.45) is 8.36. The molecular weight excluding hydrogens is 188 g/mol. The molecule has 0 saturated carbocycles. The van der Waals surface area contributed by atoms with E-state index in [1.165, 1.54) is 0 Å². The molecule has 0 fully saturated rings. The van der Waals surface area contributed by atoms with Crippen LogP contribution in [0.4, 0.5) is 0 Å². The van der Waals surface area contributed by atoms with Crippen LogP contribution < -0.4 is 0 Å². The third-order valence-electron chi connectivity index (χ3n) is 2.21. The molecule has 15 heavy (non-hydrogen) atoms. The van der Waals surface area contributed by atoms with Crippen LogP contribution in [0.5, 0.6) is 0 Å². The lowest BCUT2D eigenvalue weighted by Crippen LogP contribution is -2.16. The number of hydrogen-bond acceptors (Lipinski definition) is 2. The third kappa shape index (κ3) is 2.56. The van der Waals surface area contributed by atoms with Crippen LogP contribution >= 0.6 is 0 Å². The van der Waals surface area contributed by atoms with Crippen molar-refractivity contribution in [2.24, 2.45) is 0 Å². The maximum atomic E-state index is 11.6. The van der Waals surface area contributed by atoms with Crippen molar-refractivity contribution in [3.05, 3.63) is 60.2 Å². The first-order valence-corrected chi connectivity index (χ1v) is 4.95. The number of ether oxygens (including phenoxy) is 1. The Morgan fingerprint density at radius 3 is 2.67 bits per heavy atom. The lowest BCUT2D eigenvalue weighted by molar-refractivity contribution is 0.0398. The molecule has 0 bridgehead atoms. The Balaban J connectivity index is 1.98. The predicted octanol–water partition coefficient (Wildman–Crippen LogP) is 2.73. The molecule has 0 aliphatic heterocycles. The maximum Gasteiger partial charge on any atom is 0.338 e. The minimum atomic E-state index is -0.263. The van der Waals surface area contributed by atoms with Crippen molar-refractivity contribution in [1.82, 2.24) is 0 Å². The Morgan fingerprint density at radius 2 is 2.00 bits per heavy atom. The normalized spacial score (nSPS) is 18.8. The second kappa shape index (κ2) is 4.60. The zero-order chi connectivity index (χ0) is 10.5. The van der Waals surface area contributed by atoms with Crippen molar-refractivity contribution >= 4 is 5.97 Å². The SMILES string of the molecule is O=C(OC1C=CC=CC1)c1ccccc1. The molecule has 1 aliphatic carbocycles. The van der Waals surface area contributed by atoms with Gasteiger partial charge in [0.1, 0.15) is 6.10 Å². The average molecular weight is 200 g/mol. The van der Waals surface area contributed by atoms with Crippen LogP contribution in [-0.4, -0.2) is 12.1 Å². The smallest absolute Gasteiger partial charge is 0.338 e. The Bertz CT molecular complexity index is 390. The number of allylic oxidation sites excluding steroid dienone is 2. The molecule has 2 heteroatoms. The summed E-state index contributed by atoms with van der Waals surface area (Å²) in [5.74, 6) is -0.263. The molecule has 0 heterocycles. The Morgan fingerprint density at radius 1 is 1.20 bits per heavy atom. The van der Waals surface area contributed by atoms with Gasteiger partial charge in [0.25, 0.3) is 0 Å². The van der Waals surface area contributed by atoms with Crippen LogP contribution in [0.1, 0.15) is 16.8 Å². The molecule has 1 aromatic carbocycles. The Labute approximate surface area is 88.9 Å². The van der Waals surface area contributed by atoms with Crippen molar-refractivity contribution in [2.75, 3.05) is 0 Å². The van der Waals surface area contributed by atoms with Gasteiger partial charge in [0.2, 0.25) is 0 Å². The Hall–Kier alpha value is -1.83. The van der Waals surface area contributed by atoms with E-state index in [-0.39, 0.29) is 12.1 Å². The van der Waals surface area contributed by atoms with Crippen LogP contribution in [0, 0.1) is 0 Å². The predicted molar refractivity (Wildman–Crippen MR) is 58.5 cm³/mol. The van der Waals surface area contributed by atoms with E-state index in [1.807, 2.05) is 42.5 Å². The molecule has 76 valence electrons. The molecule has 1 unspecified atom stereocenters. The zero-order valence-electron chi connectivity index (χ0n) is 8.30. The molecule has 0 saturated heterocycles. The highest BCUT2D eigenvalue weighted by molar-refractivity contribution is 5.89. The second-order valence-corrected chi connectivity index (χ2v) is 3.36. The number of carbonyl (C=O) groups excluding carboxylic acids is 1. The number of rotatable bonds is 2. The van der Waals surface area contributed by atoms with Gasteiger partial charge >= 0.3 is 5.97 Å². The van der Waals surface area contributed by atoms with Crippen molar-refractivity contribution in [3.63, 3.8) is 0 Å². The van der Waals surface area contributed by atoms with Crippen LogP contribution in [0.15, 0.2) is 54.6 Å². The molecule has 1 aliphatic rings. The number of esters is 1. The molecule has 0 amide bonds. The first-order valence-electron chi connectivity index (χ1n) is 4.95. The number of benzene rings is 1. The van der Waals surface area contributed by atoms with E-state index >= 15 is 0 Å². The van der Waals surface area contributed by atoms with E-state index in [0.29, 0.717) is 5.56 Å². The highest BCUT2D eigenvalue weighted by atomic mass is 16.5. The van der Waals surface area contributed by atoms with Crippen LogP contribution in [0.2, 0.25) is 0 Å². The highest BCUT2D eigenvalue weighted by Gasteiger charge is 2.12. The van der Waals surface area contributed by atoms with Crippen molar-refractivity contribution in [2.45, 2.75) is 12.5 Å². The summed E-state index contributed by atoms with van der Waals surface area (Å²) in [6, 6.07) is 9.04. The van der Waals surface area contributed by atoms with Gasteiger partial charge in [-0.3, -0.25) is 0 Å². The summed E-state index contributed by atoms with van der Waals surface area (Å²) < 4.78 is 5.30. The molecule has 0 N–H and O–H groups in total. The highest BCUT2D eigenvalue weighted by Crippen LogP contribution is 2.10. The van der Waals surface area contributed by atoms with E-state index < -0.39 is 0 Å². The van der Waals surface area contributed by atoms with Gasteiger partial charge in [-0.05, 0) is 18.2 Å². The van der Waals surface area contributed by atoms with Crippen LogP contribution in [-0.2, 0) is 4.74 Å². The maximum absolute atomic E-state index is 11.6. The topological polar surface area (TPSA) is 26.3 Å². The zero-order valence-corrected chi connectivity index (χ0v) is 8.30. The summed E-state index contributed by atoms with van der Waals surface area (Å²) >= 11 is 0. The lowest BCUT2D eigenvalue weighted by Gasteiger charge is -2.14. The summed E-state index contributed by atoms with van der Waals surface area (Å²) in [4.78, 5) is 11.6. The van der Waals surface area contributed by atoms with E-state index in [4.69, 9.17) is 4.74 Å². The van der Waals surface area contributed by atoms with Gasteiger partial charge < -0.3 is 4.74 Å². The van der Waals surface area contributed by atoms with Gasteiger partial charge in [0, 0.05) is 6.42 Å². The molecule has 2 rings (SSSR count). The van der Waals surface area contributed by atoms with Gasteiger partial charge in [0.05, 0.1) is 5.56 Å². The molecular formula is C13H12O2. The first kappa shape index (κ1) is 9.71. The van der Waals surface area contributed by atoms with Crippen LogP contribution in [0.25, 0.3) is 0 Å². The molecule has 2 nitrogen and oxygen atoms in total. The molecule has 0 radical (unpaired) electrons. The fourth-order valence-electron chi connectivity index (χ4n) is 1.43. The first-order chi connectivity index (χ1) is 7.36. The van der Waals surface area contributed by atoms with Crippen LogP contribution in [0.3, 0.4) is 0 Å². The molecule has 0 spiro atoms. The monoisotopic (exact) mass is 200 g/mol. The summed E-state index contributed by atoms with van der Waals surface area (Å²) in [5, 5.41) is 0. The van der Waals surface area contributed by atoms with Gasteiger partial charge in [0.15, 0.2) is 0 Å². The minimum Gasteiger partial charge on any atom is -0.454 e. The quantitative estimate of drug-likeness (QED) is 0.686. The summed E-state index contributed by atoms with van der Waals surface area (Å²) in [5.41, 5.74) is 0.598. The summed E-state index contributed by atoms with van der Waals surface area (Å²) in [6.45, 7) is 0. The number of carbonyl (C=O) groups is 1. The lowest BCUT2D eigenvalue weighted by atomic mass is 10.1. The average Bonchev–Trinajstić information content (AvgIpc) is 2.31. The van der Waals surface area contributed by atoms with Gasteiger partial charge in [-0.15, -0.1) is 0 Å². The fraction of sp³-hybridized carbons (Fsp3) is 0.154. The Kier molecular flexibility index (Phi) is 2.98. The van der Waals surface area contributed by atoms with Crippen molar-refractivity contribution < 1.29 is 9.53 Å². The van der Waals surface area contributed by atoms with Gasteiger partial charge in [-0.1, -0.05) is 36.4 Å². The molecule has 0 aromatic heterocycles.